The van der Waals surface area contributed by atoms with E-state index in [0.717, 1.165) is 0 Å². The predicted octanol–water partition coefficient (Wildman–Crippen LogP) is 8.38. The van der Waals surface area contributed by atoms with E-state index in [2.05, 4.69) is 117 Å². The van der Waals surface area contributed by atoms with Gasteiger partial charge in [0.05, 0.1) is 0 Å². The van der Waals surface area contributed by atoms with Gasteiger partial charge in [0.1, 0.15) is 0 Å². The molecule has 0 radical (unpaired) electrons. The Kier molecular flexibility index (Phi) is 4.07. The zero-order valence-electron chi connectivity index (χ0n) is 17.9. The molecule has 0 N–H and O–H groups in total. The Morgan fingerprint density at radius 1 is 0.452 bits per heavy atom. The molecule has 0 amide bonds. The molecule has 0 bridgehead atoms. The van der Waals surface area contributed by atoms with Gasteiger partial charge in [-0.1, -0.05) is 114 Å². The van der Waals surface area contributed by atoms with Crippen LogP contribution in [0, 0.1) is 13.8 Å². The summed E-state index contributed by atoms with van der Waals surface area (Å²) in [4.78, 5) is 0. The predicted molar refractivity (Wildman–Crippen MR) is 133 cm³/mol. The minimum atomic E-state index is 0.200. The van der Waals surface area contributed by atoms with E-state index in [4.69, 9.17) is 0 Å². The van der Waals surface area contributed by atoms with Crippen molar-refractivity contribution in [1.82, 2.24) is 0 Å². The molecule has 0 nitrogen and oxygen atoms in total. The molecule has 0 saturated heterocycles. The van der Waals surface area contributed by atoms with Crippen molar-refractivity contribution in [2.75, 3.05) is 0 Å². The normalized spacial score (nSPS) is 11.8. The lowest BCUT2D eigenvalue weighted by Crippen LogP contribution is -2.05. The zero-order chi connectivity index (χ0) is 20.9. The topological polar surface area (TPSA) is 0 Å². The summed E-state index contributed by atoms with van der Waals surface area (Å²) in [6.45, 7) is 4.31. The summed E-state index contributed by atoms with van der Waals surface area (Å²) in [5.41, 5.74) is 6.64. The maximum Gasteiger partial charge on any atom is 0.0346 e. The van der Waals surface area contributed by atoms with E-state index >= 15 is 0 Å². The maximum absolute atomic E-state index is 2.34. The highest BCUT2D eigenvalue weighted by atomic mass is 14.2. The summed E-state index contributed by atoms with van der Waals surface area (Å²) in [6.07, 6.45) is 0. The highest BCUT2D eigenvalue weighted by Gasteiger charge is 2.21. The molecule has 6 aromatic carbocycles. The largest absolute Gasteiger partial charge is 0.0610 e. The Balaban J connectivity index is 1.69. The van der Waals surface area contributed by atoms with E-state index in [-0.39, 0.29) is 5.92 Å². The molecule has 0 aliphatic heterocycles. The van der Waals surface area contributed by atoms with Crippen molar-refractivity contribution in [3.63, 3.8) is 0 Å². The molecule has 0 atom stereocenters. The van der Waals surface area contributed by atoms with Crippen LogP contribution in [0.15, 0.2) is 103 Å². The van der Waals surface area contributed by atoms with Crippen LogP contribution in [-0.2, 0) is 0 Å². The molecule has 6 aromatic rings. The van der Waals surface area contributed by atoms with Crippen LogP contribution in [0.5, 0.6) is 0 Å². The Bertz CT molecular complexity index is 1460. The van der Waals surface area contributed by atoms with Crippen LogP contribution in [0.4, 0.5) is 0 Å². The standard InChI is InChI=1S/C31H24/c1-20-6-10-24(11-7-20)29(25-12-8-21(2)9-13-25)27-18-17-26-15-14-22-4-3-5-23-16-19-28(27)31(26)30(22)23/h3-19,29H,1-2H3. The summed E-state index contributed by atoms with van der Waals surface area (Å²) in [5, 5.41) is 8.07. The number of hydrogen-bond acceptors (Lipinski definition) is 0. The van der Waals surface area contributed by atoms with Gasteiger partial charge in [0.25, 0.3) is 0 Å². The number of hydrogen-bond donors (Lipinski definition) is 0. The first-order valence-electron chi connectivity index (χ1n) is 11.0. The van der Waals surface area contributed by atoms with Crippen molar-refractivity contribution in [2.24, 2.45) is 0 Å². The van der Waals surface area contributed by atoms with Crippen molar-refractivity contribution in [3.05, 3.63) is 131 Å². The molecule has 148 valence electrons. The Morgan fingerprint density at radius 3 is 1.52 bits per heavy atom. The van der Waals surface area contributed by atoms with Crippen LogP contribution in [0.25, 0.3) is 32.3 Å². The van der Waals surface area contributed by atoms with E-state index in [1.54, 1.807) is 0 Å². The van der Waals surface area contributed by atoms with E-state index in [1.807, 2.05) is 0 Å². The van der Waals surface area contributed by atoms with Gasteiger partial charge in [-0.05, 0) is 62.9 Å². The summed E-state index contributed by atoms with van der Waals surface area (Å²) in [5.74, 6) is 0.200. The minimum Gasteiger partial charge on any atom is -0.0610 e. The zero-order valence-corrected chi connectivity index (χ0v) is 17.9. The van der Waals surface area contributed by atoms with E-state index in [0.29, 0.717) is 0 Å². The van der Waals surface area contributed by atoms with Crippen LogP contribution in [0.3, 0.4) is 0 Å². The van der Waals surface area contributed by atoms with Crippen LogP contribution in [0.2, 0.25) is 0 Å². The van der Waals surface area contributed by atoms with Gasteiger partial charge in [0, 0.05) is 5.92 Å². The van der Waals surface area contributed by atoms with Gasteiger partial charge in [-0.15, -0.1) is 0 Å². The fraction of sp³-hybridized carbons (Fsp3) is 0.0968. The quantitative estimate of drug-likeness (QED) is 0.208. The summed E-state index contributed by atoms with van der Waals surface area (Å²) in [6, 6.07) is 38.5. The lowest BCUT2D eigenvalue weighted by Gasteiger charge is -2.23. The van der Waals surface area contributed by atoms with Crippen LogP contribution >= 0.6 is 0 Å². The highest BCUT2D eigenvalue weighted by molar-refractivity contribution is 6.23. The summed E-state index contributed by atoms with van der Waals surface area (Å²) in [7, 11) is 0. The molecule has 0 fully saturated rings. The van der Waals surface area contributed by atoms with Crippen LogP contribution in [0.1, 0.15) is 33.7 Å². The monoisotopic (exact) mass is 396 g/mol. The van der Waals surface area contributed by atoms with Gasteiger partial charge >= 0.3 is 0 Å². The van der Waals surface area contributed by atoms with Gasteiger partial charge in [0.15, 0.2) is 0 Å². The highest BCUT2D eigenvalue weighted by Crippen LogP contribution is 2.41. The first-order valence-corrected chi connectivity index (χ1v) is 11.0. The molecular formula is C31H24. The van der Waals surface area contributed by atoms with E-state index in [1.165, 1.54) is 60.1 Å². The molecule has 0 saturated carbocycles. The lowest BCUT2D eigenvalue weighted by molar-refractivity contribution is 0.987. The summed E-state index contributed by atoms with van der Waals surface area (Å²) < 4.78 is 0. The lowest BCUT2D eigenvalue weighted by atomic mass is 9.80. The van der Waals surface area contributed by atoms with Crippen molar-refractivity contribution in [1.29, 1.82) is 0 Å². The Morgan fingerprint density at radius 2 is 0.935 bits per heavy atom. The maximum atomic E-state index is 2.34. The van der Waals surface area contributed by atoms with Gasteiger partial charge in [-0.2, -0.15) is 0 Å². The molecule has 0 aromatic heterocycles. The van der Waals surface area contributed by atoms with Crippen molar-refractivity contribution in [3.8, 4) is 0 Å². The summed E-state index contributed by atoms with van der Waals surface area (Å²) >= 11 is 0. The van der Waals surface area contributed by atoms with Crippen molar-refractivity contribution in [2.45, 2.75) is 19.8 Å². The van der Waals surface area contributed by atoms with Gasteiger partial charge in [-0.25, -0.2) is 0 Å². The fourth-order valence-corrected chi connectivity index (χ4v) is 5.08. The number of aryl methyl sites for hydroxylation is 2. The number of benzene rings is 6. The van der Waals surface area contributed by atoms with Crippen molar-refractivity contribution >= 4 is 32.3 Å². The first-order chi connectivity index (χ1) is 15.2. The van der Waals surface area contributed by atoms with Gasteiger partial charge in [-0.3, -0.25) is 0 Å². The van der Waals surface area contributed by atoms with Crippen LogP contribution < -0.4 is 0 Å². The molecule has 0 heteroatoms. The van der Waals surface area contributed by atoms with Crippen molar-refractivity contribution < 1.29 is 0 Å². The van der Waals surface area contributed by atoms with Crippen LogP contribution in [-0.4, -0.2) is 0 Å². The minimum absolute atomic E-state index is 0.200. The smallest absolute Gasteiger partial charge is 0.0346 e. The third-order valence-corrected chi connectivity index (χ3v) is 6.69. The molecule has 31 heavy (non-hydrogen) atoms. The second kappa shape index (κ2) is 6.96. The second-order valence-corrected chi connectivity index (χ2v) is 8.77. The Hall–Kier alpha value is -3.64. The third kappa shape index (κ3) is 2.91. The molecular weight excluding hydrogens is 372 g/mol. The van der Waals surface area contributed by atoms with E-state index in [9.17, 15) is 0 Å². The average molecular weight is 397 g/mol. The molecule has 0 aliphatic carbocycles. The number of rotatable bonds is 3. The fourth-order valence-electron chi connectivity index (χ4n) is 5.08. The first kappa shape index (κ1) is 18.2. The second-order valence-electron chi connectivity index (χ2n) is 8.77. The molecule has 0 aliphatic rings. The van der Waals surface area contributed by atoms with E-state index < -0.39 is 0 Å². The Labute approximate surface area is 183 Å². The molecule has 0 spiro atoms. The molecule has 0 unspecified atom stereocenters. The van der Waals surface area contributed by atoms with Gasteiger partial charge < -0.3 is 0 Å². The molecule has 0 heterocycles. The molecule has 6 rings (SSSR count). The average Bonchev–Trinajstić information content (AvgIpc) is 2.81. The van der Waals surface area contributed by atoms with Gasteiger partial charge in [0.2, 0.25) is 0 Å². The SMILES string of the molecule is Cc1ccc(C(c2ccc(C)cc2)c2ccc3ccc4cccc5ccc2c3c45)cc1. The third-order valence-electron chi connectivity index (χ3n) is 6.69.